The van der Waals surface area contributed by atoms with E-state index in [0.717, 1.165) is 38.2 Å². The SMILES string of the molecule is CC1(C)CCC(C(=O)C=C(O)C2(CC(F)(F)F)CCCCC2)CC1. The van der Waals surface area contributed by atoms with Crippen molar-refractivity contribution < 1.29 is 23.1 Å². The van der Waals surface area contributed by atoms with Crippen molar-refractivity contribution in [1.82, 2.24) is 0 Å². The maximum atomic E-state index is 13.0. The molecule has 2 fully saturated rings. The van der Waals surface area contributed by atoms with E-state index >= 15 is 0 Å². The first kappa shape index (κ1) is 19.3. The Kier molecular flexibility index (Phi) is 5.71. The summed E-state index contributed by atoms with van der Waals surface area (Å²) < 4.78 is 39.0. The van der Waals surface area contributed by atoms with E-state index in [9.17, 15) is 23.1 Å². The molecule has 0 saturated heterocycles. The van der Waals surface area contributed by atoms with E-state index in [4.69, 9.17) is 0 Å². The van der Waals surface area contributed by atoms with Crippen LogP contribution in [0.25, 0.3) is 0 Å². The van der Waals surface area contributed by atoms with Gasteiger partial charge in [-0.2, -0.15) is 13.2 Å². The summed E-state index contributed by atoms with van der Waals surface area (Å²) in [5, 5.41) is 10.4. The monoisotopic (exact) mass is 346 g/mol. The van der Waals surface area contributed by atoms with Crippen molar-refractivity contribution in [3.8, 4) is 0 Å². The number of alkyl halides is 3. The van der Waals surface area contributed by atoms with Crippen molar-refractivity contribution in [2.45, 2.75) is 84.2 Å². The second kappa shape index (κ2) is 7.09. The van der Waals surface area contributed by atoms with Crippen LogP contribution in [-0.2, 0) is 4.79 Å². The zero-order chi connectivity index (χ0) is 18.0. The van der Waals surface area contributed by atoms with E-state index in [1.165, 1.54) is 0 Å². The van der Waals surface area contributed by atoms with E-state index in [2.05, 4.69) is 13.8 Å². The number of hydrogen-bond acceptors (Lipinski definition) is 2. The Bertz CT molecular complexity index is 475. The predicted molar refractivity (Wildman–Crippen MR) is 87.6 cm³/mol. The number of carbonyl (C=O) groups excluding carboxylic acids is 1. The molecule has 0 amide bonds. The van der Waals surface area contributed by atoms with Crippen LogP contribution in [0.2, 0.25) is 0 Å². The Balaban J connectivity index is 2.12. The van der Waals surface area contributed by atoms with Gasteiger partial charge in [0.2, 0.25) is 0 Å². The van der Waals surface area contributed by atoms with Crippen molar-refractivity contribution in [3.05, 3.63) is 11.8 Å². The number of allylic oxidation sites excluding steroid dienone is 2. The normalized spacial score (nSPS) is 25.5. The highest BCUT2D eigenvalue weighted by molar-refractivity contribution is 5.92. The van der Waals surface area contributed by atoms with E-state index in [1.54, 1.807) is 0 Å². The summed E-state index contributed by atoms with van der Waals surface area (Å²) in [7, 11) is 0. The molecule has 1 N–H and O–H groups in total. The van der Waals surface area contributed by atoms with Gasteiger partial charge in [-0.05, 0) is 43.9 Å². The highest BCUT2D eigenvalue weighted by Crippen LogP contribution is 2.49. The summed E-state index contributed by atoms with van der Waals surface area (Å²) in [5.41, 5.74) is -1.07. The van der Waals surface area contributed by atoms with Gasteiger partial charge in [-0.1, -0.05) is 33.1 Å². The fourth-order valence-electron chi connectivity index (χ4n) is 4.23. The minimum Gasteiger partial charge on any atom is -0.512 e. The maximum Gasteiger partial charge on any atom is 0.390 e. The van der Waals surface area contributed by atoms with Gasteiger partial charge in [0.15, 0.2) is 5.78 Å². The smallest absolute Gasteiger partial charge is 0.390 e. The van der Waals surface area contributed by atoms with Gasteiger partial charge in [0.25, 0.3) is 0 Å². The number of ketones is 1. The lowest BCUT2D eigenvalue weighted by atomic mass is 9.69. The molecule has 138 valence electrons. The van der Waals surface area contributed by atoms with Crippen LogP contribution in [-0.4, -0.2) is 17.1 Å². The van der Waals surface area contributed by atoms with Gasteiger partial charge >= 0.3 is 6.18 Å². The standard InChI is InChI=1S/C19H29F3O2/c1-17(2)10-6-14(7-11-17)15(23)12-16(24)18(13-19(20,21)22)8-4-3-5-9-18/h12,14,24H,3-11,13H2,1-2H3. The minimum absolute atomic E-state index is 0.160. The van der Waals surface area contributed by atoms with Crippen molar-refractivity contribution in [2.24, 2.45) is 16.7 Å². The zero-order valence-electron chi connectivity index (χ0n) is 14.7. The van der Waals surface area contributed by atoms with Crippen LogP contribution in [0.4, 0.5) is 13.2 Å². The van der Waals surface area contributed by atoms with Crippen molar-refractivity contribution >= 4 is 5.78 Å². The summed E-state index contributed by atoms with van der Waals surface area (Å²) in [6.45, 7) is 4.34. The number of hydrogen-bond donors (Lipinski definition) is 1. The largest absolute Gasteiger partial charge is 0.512 e. The Morgan fingerprint density at radius 3 is 2.12 bits per heavy atom. The fraction of sp³-hybridized carbons (Fsp3) is 0.842. The van der Waals surface area contributed by atoms with E-state index in [-0.39, 0.29) is 22.9 Å². The number of halogens is 3. The third-order valence-electron chi connectivity index (χ3n) is 5.91. The number of carbonyl (C=O) groups is 1. The van der Waals surface area contributed by atoms with E-state index < -0.39 is 18.0 Å². The molecule has 0 atom stereocenters. The molecule has 2 saturated carbocycles. The molecule has 0 bridgehead atoms. The summed E-state index contributed by atoms with van der Waals surface area (Å²) in [4.78, 5) is 12.5. The van der Waals surface area contributed by atoms with Crippen LogP contribution < -0.4 is 0 Å². The maximum absolute atomic E-state index is 13.0. The fourth-order valence-corrected chi connectivity index (χ4v) is 4.23. The first-order valence-corrected chi connectivity index (χ1v) is 9.05. The first-order chi connectivity index (χ1) is 11.0. The van der Waals surface area contributed by atoms with Crippen LogP contribution in [0.15, 0.2) is 11.8 Å². The van der Waals surface area contributed by atoms with Gasteiger partial charge in [0.05, 0.1) is 6.42 Å². The van der Waals surface area contributed by atoms with Crippen molar-refractivity contribution in [2.75, 3.05) is 0 Å². The van der Waals surface area contributed by atoms with Crippen LogP contribution in [0, 0.1) is 16.7 Å². The average Bonchev–Trinajstić information content (AvgIpc) is 2.46. The lowest BCUT2D eigenvalue weighted by Gasteiger charge is -2.37. The average molecular weight is 346 g/mol. The van der Waals surface area contributed by atoms with Gasteiger partial charge < -0.3 is 5.11 Å². The Morgan fingerprint density at radius 1 is 1.08 bits per heavy atom. The van der Waals surface area contributed by atoms with Gasteiger partial charge in [-0.25, -0.2) is 0 Å². The molecule has 0 aromatic heterocycles. The number of aliphatic hydroxyl groups excluding tert-OH is 1. The Morgan fingerprint density at radius 2 is 1.62 bits per heavy atom. The topological polar surface area (TPSA) is 37.3 Å². The highest BCUT2D eigenvalue weighted by atomic mass is 19.4. The summed E-state index contributed by atoms with van der Waals surface area (Å²) in [6.07, 6.45) is 1.96. The molecular weight excluding hydrogens is 317 g/mol. The molecule has 0 aromatic carbocycles. The minimum atomic E-state index is -4.34. The van der Waals surface area contributed by atoms with Crippen LogP contribution >= 0.6 is 0 Å². The molecule has 24 heavy (non-hydrogen) atoms. The van der Waals surface area contributed by atoms with Crippen LogP contribution in [0.1, 0.15) is 78.1 Å². The molecule has 0 spiro atoms. The van der Waals surface area contributed by atoms with Crippen molar-refractivity contribution in [1.29, 1.82) is 0 Å². The summed E-state index contributed by atoms with van der Waals surface area (Å²) in [6, 6.07) is 0. The molecule has 0 aliphatic heterocycles. The quantitative estimate of drug-likeness (QED) is 0.492. The number of rotatable bonds is 4. The molecule has 0 unspecified atom stereocenters. The van der Waals surface area contributed by atoms with Gasteiger partial charge in [-0.3, -0.25) is 4.79 Å². The second-order valence-electron chi connectivity index (χ2n) is 8.50. The van der Waals surface area contributed by atoms with Gasteiger partial charge in [-0.15, -0.1) is 0 Å². The molecule has 2 rings (SSSR count). The van der Waals surface area contributed by atoms with Gasteiger partial charge in [0.1, 0.15) is 5.76 Å². The van der Waals surface area contributed by atoms with E-state index in [0.29, 0.717) is 25.7 Å². The summed E-state index contributed by atoms with van der Waals surface area (Å²) >= 11 is 0. The molecule has 0 radical (unpaired) electrons. The van der Waals surface area contributed by atoms with Crippen LogP contribution in [0.5, 0.6) is 0 Å². The third-order valence-corrected chi connectivity index (χ3v) is 5.91. The first-order valence-electron chi connectivity index (χ1n) is 9.05. The molecule has 0 heterocycles. The second-order valence-corrected chi connectivity index (χ2v) is 8.50. The predicted octanol–water partition coefficient (Wildman–Crippen LogP) is 6.12. The highest BCUT2D eigenvalue weighted by Gasteiger charge is 2.46. The van der Waals surface area contributed by atoms with Crippen LogP contribution in [0.3, 0.4) is 0 Å². The Hall–Kier alpha value is -1.00. The molecule has 2 nitrogen and oxygen atoms in total. The lowest BCUT2D eigenvalue weighted by Crippen LogP contribution is -2.33. The molecule has 2 aliphatic rings. The van der Waals surface area contributed by atoms with Crippen molar-refractivity contribution in [3.63, 3.8) is 0 Å². The molecule has 2 aliphatic carbocycles. The third kappa shape index (κ3) is 5.00. The van der Waals surface area contributed by atoms with E-state index in [1.807, 2.05) is 0 Å². The summed E-state index contributed by atoms with van der Waals surface area (Å²) in [5.74, 6) is -0.698. The van der Waals surface area contributed by atoms with Gasteiger partial charge in [0, 0.05) is 17.4 Å². The molecule has 5 heteroatoms. The molecule has 0 aromatic rings. The lowest BCUT2D eigenvalue weighted by molar-refractivity contribution is -0.161. The molecular formula is C19H29F3O2. The number of aliphatic hydroxyl groups is 1. The Labute approximate surface area is 142 Å². The zero-order valence-corrected chi connectivity index (χ0v) is 14.7.